The molecule has 0 atom stereocenters. The van der Waals surface area contributed by atoms with Crippen LogP contribution in [-0.2, 0) is 4.79 Å². The van der Waals surface area contributed by atoms with Crippen LogP contribution >= 0.6 is 11.8 Å². The molecule has 0 aromatic rings. The van der Waals surface area contributed by atoms with Crippen LogP contribution in [-0.4, -0.2) is 23.3 Å². The lowest BCUT2D eigenvalue weighted by molar-refractivity contribution is -0.118. The molecule has 0 bridgehead atoms. The summed E-state index contributed by atoms with van der Waals surface area (Å²) in [7, 11) is 0. The second kappa shape index (κ2) is 4.07. The maximum atomic E-state index is 10.7. The van der Waals surface area contributed by atoms with Crippen molar-refractivity contribution >= 4 is 17.6 Å². The quantitative estimate of drug-likeness (QED) is 0.597. The number of halogens is 1. The summed E-state index contributed by atoms with van der Waals surface area (Å²) in [6.07, 6.45) is 2.89. The Bertz CT molecular complexity index is 141. The van der Waals surface area contributed by atoms with E-state index in [0.29, 0.717) is 11.7 Å². The van der Waals surface area contributed by atoms with Crippen molar-refractivity contribution in [1.82, 2.24) is 4.42 Å². The van der Waals surface area contributed by atoms with Crippen LogP contribution in [0, 0.1) is 5.92 Å². The van der Waals surface area contributed by atoms with E-state index in [-0.39, 0.29) is 0 Å². The van der Waals surface area contributed by atoms with Gasteiger partial charge in [0.05, 0.1) is 0 Å². The molecule has 0 amide bonds. The maximum Gasteiger partial charge on any atom is 0.130 e. The fraction of sp³-hybridized carbons (Fsp3) is 0.875. The molecule has 3 heteroatoms. The summed E-state index contributed by atoms with van der Waals surface area (Å²) in [4.78, 5) is 10.7. The van der Waals surface area contributed by atoms with E-state index in [9.17, 15) is 4.79 Å². The highest BCUT2D eigenvalue weighted by Crippen LogP contribution is 2.21. The highest BCUT2D eigenvalue weighted by Gasteiger charge is 2.18. The van der Waals surface area contributed by atoms with E-state index in [2.05, 4.69) is 0 Å². The molecule has 0 spiro atoms. The first-order chi connectivity index (χ1) is 5.18. The molecule has 0 aliphatic carbocycles. The number of hydrogen-bond donors (Lipinski definition) is 0. The summed E-state index contributed by atoms with van der Waals surface area (Å²) in [6.45, 7) is 3.52. The number of nitrogens with zero attached hydrogens (tertiary/aromatic N) is 1. The Labute approximate surface area is 72.6 Å². The first-order valence-electron chi connectivity index (χ1n) is 4.08. The number of rotatable bonds is 2. The lowest BCUT2D eigenvalue weighted by Gasteiger charge is -2.25. The molecule has 0 N–H and O–H groups in total. The number of Topliss-reactive ketones (excluding diaryl/α,β-unsaturated/α-hetero) is 1. The van der Waals surface area contributed by atoms with E-state index in [1.165, 1.54) is 0 Å². The van der Waals surface area contributed by atoms with Crippen molar-refractivity contribution in [3.63, 3.8) is 0 Å². The van der Waals surface area contributed by atoms with Crippen molar-refractivity contribution in [2.24, 2.45) is 5.92 Å². The van der Waals surface area contributed by atoms with Gasteiger partial charge >= 0.3 is 0 Å². The smallest absolute Gasteiger partial charge is 0.130 e. The predicted molar refractivity (Wildman–Crippen MR) is 45.4 cm³/mol. The second-order valence-corrected chi connectivity index (χ2v) is 3.74. The molecule has 1 rings (SSSR count). The normalized spacial score (nSPS) is 22.0. The van der Waals surface area contributed by atoms with Gasteiger partial charge in [0.25, 0.3) is 0 Å². The Kier molecular flexibility index (Phi) is 3.34. The number of piperidine rings is 1. The van der Waals surface area contributed by atoms with E-state index >= 15 is 0 Å². The molecule has 1 aliphatic rings. The Morgan fingerprint density at radius 2 is 2.09 bits per heavy atom. The molecule has 64 valence electrons. The minimum Gasteiger partial charge on any atom is -0.300 e. The van der Waals surface area contributed by atoms with Gasteiger partial charge in [0.15, 0.2) is 0 Å². The van der Waals surface area contributed by atoms with Crippen molar-refractivity contribution in [1.29, 1.82) is 0 Å². The number of carbonyl (C=O) groups excluding carboxylic acids is 1. The summed E-state index contributed by atoms with van der Waals surface area (Å²) in [5.41, 5.74) is 0. The van der Waals surface area contributed by atoms with Crippen molar-refractivity contribution < 1.29 is 4.79 Å². The predicted octanol–water partition coefficient (Wildman–Crippen LogP) is 1.83. The van der Waals surface area contributed by atoms with E-state index in [1.54, 1.807) is 11.3 Å². The average Bonchev–Trinajstić information content (AvgIpc) is 1.93. The van der Waals surface area contributed by atoms with Crippen molar-refractivity contribution in [2.75, 3.05) is 13.1 Å². The standard InChI is InChI=1S/C8H14ClNO/c1-7(11)6-8-2-4-10(9)5-3-8/h8H,2-6H2,1H3. The van der Waals surface area contributed by atoms with Gasteiger partial charge in [-0.05, 0) is 37.5 Å². The zero-order valence-corrected chi connectivity index (χ0v) is 7.60. The summed E-state index contributed by atoms with van der Waals surface area (Å²) < 4.78 is 1.80. The third-order valence-corrected chi connectivity index (χ3v) is 2.47. The van der Waals surface area contributed by atoms with Crippen LogP contribution in [0.5, 0.6) is 0 Å². The van der Waals surface area contributed by atoms with Crippen LogP contribution in [0.1, 0.15) is 26.2 Å². The third-order valence-electron chi connectivity index (χ3n) is 2.14. The minimum atomic E-state index is 0.304. The van der Waals surface area contributed by atoms with Crippen molar-refractivity contribution in [3.05, 3.63) is 0 Å². The lowest BCUT2D eigenvalue weighted by Crippen LogP contribution is -2.27. The Balaban J connectivity index is 2.22. The molecule has 0 radical (unpaired) electrons. The summed E-state index contributed by atoms with van der Waals surface area (Å²) in [5, 5.41) is 0. The van der Waals surface area contributed by atoms with Gasteiger partial charge < -0.3 is 4.79 Å². The second-order valence-electron chi connectivity index (χ2n) is 3.26. The summed E-state index contributed by atoms with van der Waals surface area (Å²) in [5.74, 6) is 0.889. The SMILES string of the molecule is CC(=O)CC1CCN(Cl)CC1. The van der Waals surface area contributed by atoms with Gasteiger partial charge in [-0.25, -0.2) is 4.42 Å². The van der Waals surface area contributed by atoms with E-state index in [4.69, 9.17) is 11.8 Å². The summed E-state index contributed by atoms with van der Waals surface area (Å²) >= 11 is 5.77. The molecule has 11 heavy (non-hydrogen) atoms. The molecular formula is C8H14ClNO. The van der Waals surface area contributed by atoms with E-state index in [1.807, 2.05) is 0 Å². The van der Waals surface area contributed by atoms with E-state index < -0.39 is 0 Å². The molecule has 2 nitrogen and oxygen atoms in total. The lowest BCUT2D eigenvalue weighted by atomic mass is 9.93. The molecule has 1 aliphatic heterocycles. The largest absolute Gasteiger partial charge is 0.300 e. The van der Waals surface area contributed by atoms with Gasteiger partial charge in [0, 0.05) is 19.5 Å². The molecule has 1 heterocycles. The Hall–Kier alpha value is -0.0800. The van der Waals surface area contributed by atoms with Crippen LogP contribution in [0.25, 0.3) is 0 Å². The Morgan fingerprint density at radius 3 is 2.55 bits per heavy atom. The topological polar surface area (TPSA) is 20.3 Å². The zero-order chi connectivity index (χ0) is 8.27. The van der Waals surface area contributed by atoms with Crippen LogP contribution < -0.4 is 0 Å². The fourth-order valence-electron chi connectivity index (χ4n) is 1.51. The highest BCUT2D eigenvalue weighted by atomic mass is 35.5. The van der Waals surface area contributed by atoms with Gasteiger partial charge in [-0.2, -0.15) is 0 Å². The number of carbonyl (C=O) groups is 1. The van der Waals surface area contributed by atoms with Gasteiger partial charge in [-0.15, -0.1) is 0 Å². The van der Waals surface area contributed by atoms with Gasteiger partial charge in [0.2, 0.25) is 0 Å². The van der Waals surface area contributed by atoms with Crippen molar-refractivity contribution in [2.45, 2.75) is 26.2 Å². The molecule has 0 aromatic heterocycles. The molecule has 1 saturated heterocycles. The summed E-state index contributed by atoms with van der Waals surface area (Å²) in [6, 6.07) is 0. The first kappa shape index (κ1) is 9.01. The fourth-order valence-corrected chi connectivity index (χ4v) is 1.71. The number of ketones is 1. The zero-order valence-electron chi connectivity index (χ0n) is 6.85. The first-order valence-corrected chi connectivity index (χ1v) is 4.42. The maximum absolute atomic E-state index is 10.7. The van der Waals surface area contributed by atoms with Gasteiger partial charge in [-0.1, -0.05) is 0 Å². The minimum absolute atomic E-state index is 0.304. The monoisotopic (exact) mass is 175 g/mol. The van der Waals surface area contributed by atoms with E-state index in [0.717, 1.165) is 32.4 Å². The van der Waals surface area contributed by atoms with Crippen LogP contribution in [0.3, 0.4) is 0 Å². The Morgan fingerprint density at radius 1 is 1.55 bits per heavy atom. The van der Waals surface area contributed by atoms with Crippen molar-refractivity contribution in [3.8, 4) is 0 Å². The molecule has 0 aromatic carbocycles. The molecule has 0 unspecified atom stereocenters. The van der Waals surface area contributed by atoms with Crippen LogP contribution in [0.2, 0.25) is 0 Å². The highest BCUT2D eigenvalue weighted by molar-refractivity contribution is 6.13. The van der Waals surface area contributed by atoms with Gasteiger partial charge in [-0.3, -0.25) is 0 Å². The number of hydrogen-bond acceptors (Lipinski definition) is 2. The van der Waals surface area contributed by atoms with Gasteiger partial charge in [0.1, 0.15) is 5.78 Å². The molecule has 0 saturated carbocycles. The van der Waals surface area contributed by atoms with Crippen LogP contribution in [0.4, 0.5) is 0 Å². The van der Waals surface area contributed by atoms with Crippen LogP contribution in [0.15, 0.2) is 0 Å². The molecular weight excluding hydrogens is 162 g/mol. The molecule has 1 fully saturated rings. The average molecular weight is 176 g/mol. The third kappa shape index (κ3) is 3.21.